The summed E-state index contributed by atoms with van der Waals surface area (Å²) in [6, 6.07) is 3.77. The molecule has 7 heteroatoms. The Balaban J connectivity index is 3.00. The number of alkyl halides is 1. The van der Waals surface area contributed by atoms with E-state index >= 15 is 0 Å². The highest BCUT2D eigenvalue weighted by Gasteiger charge is 2.26. The number of carboxylic acid groups (broad SMARTS) is 1. The van der Waals surface area contributed by atoms with Crippen molar-refractivity contribution < 1.29 is 19.4 Å². The van der Waals surface area contributed by atoms with Crippen molar-refractivity contribution in [1.29, 1.82) is 0 Å². The summed E-state index contributed by atoms with van der Waals surface area (Å²) in [5.74, 6) is -1.18. The summed E-state index contributed by atoms with van der Waals surface area (Å²) in [6.07, 6.45) is -0.786. The molecule has 0 bridgehead atoms. The van der Waals surface area contributed by atoms with E-state index in [4.69, 9.17) is 16.3 Å². The van der Waals surface area contributed by atoms with E-state index in [-0.39, 0.29) is 0 Å². The third kappa shape index (κ3) is 6.09. The van der Waals surface area contributed by atoms with Crippen LogP contribution in [0.1, 0.15) is 37.9 Å². The number of hydrogen-bond donors (Lipinski definition) is 2. The van der Waals surface area contributed by atoms with Gasteiger partial charge in [-0.3, -0.25) is 0 Å². The molecule has 5 nitrogen and oxygen atoms in total. The van der Waals surface area contributed by atoms with Gasteiger partial charge in [-0.25, -0.2) is 9.59 Å². The summed E-state index contributed by atoms with van der Waals surface area (Å²) in [4.78, 5) is 23.2. The normalized spacial score (nSPS) is 12.6. The number of ether oxygens (including phenoxy) is 1. The highest BCUT2D eigenvalue weighted by Crippen LogP contribution is 2.23. The summed E-state index contributed by atoms with van der Waals surface area (Å²) in [5.41, 5.74) is 0.595. The summed E-state index contributed by atoms with van der Waals surface area (Å²) in [5, 5.41) is 12.1. The van der Waals surface area contributed by atoms with Gasteiger partial charge in [0, 0.05) is 9.45 Å². The van der Waals surface area contributed by atoms with Gasteiger partial charge in [0.2, 0.25) is 0 Å². The number of carbonyl (C=O) groups is 2. The molecular weight excluding hydrogens is 409 g/mol. The number of carbonyl (C=O) groups excluding carboxylic acids is 1. The van der Waals surface area contributed by atoms with Crippen LogP contribution in [0.2, 0.25) is 5.02 Å². The maximum atomic E-state index is 11.8. The van der Waals surface area contributed by atoms with Crippen LogP contribution >= 0.6 is 34.2 Å². The summed E-state index contributed by atoms with van der Waals surface area (Å²) in [7, 11) is 0. The molecule has 2 N–H and O–H groups in total. The Morgan fingerprint density at radius 1 is 1.38 bits per heavy atom. The van der Waals surface area contributed by atoms with Gasteiger partial charge in [-0.05, 0) is 44.0 Å². The summed E-state index contributed by atoms with van der Waals surface area (Å²) in [6.45, 7) is 5.11. The minimum absolute atomic E-state index is 0.410. The van der Waals surface area contributed by atoms with E-state index in [2.05, 4.69) is 27.9 Å². The fourth-order valence-corrected chi connectivity index (χ4v) is 2.34. The minimum Gasteiger partial charge on any atom is -0.479 e. The molecule has 1 atom stereocenters. The SMILES string of the molecule is CC(C)(C)OC(=O)NC(C(=O)O)c1cc(Cl)cc(CI)c1. The number of hydrogen-bond acceptors (Lipinski definition) is 3. The van der Waals surface area contributed by atoms with Crippen molar-refractivity contribution in [1.82, 2.24) is 5.32 Å². The molecule has 0 spiro atoms. The highest BCUT2D eigenvalue weighted by atomic mass is 127. The van der Waals surface area contributed by atoms with Gasteiger partial charge >= 0.3 is 12.1 Å². The predicted octanol–water partition coefficient (Wildman–Crippen LogP) is 3.93. The number of aliphatic carboxylic acids is 1. The van der Waals surface area contributed by atoms with Crippen molar-refractivity contribution in [3.8, 4) is 0 Å². The molecule has 1 aromatic carbocycles. The van der Waals surface area contributed by atoms with Gasteiger partial charge in [-0.1, -0.05) is 40.3 Å². The van der Waals surface area contributed by atoms with Crippen LogP contribution in [0.4, 0.5) is 4.79 Å². The molecule has 0 saturated carbocycles. The van der Waals surface area contributed by atoms with Crippen LogP contribution in [-0.2, 0) is 14.0 Å². The molecule has 0 radical (unpaired) electrons. The van der Waals surface area contributed by atoms with E-state index in [0.717, 1.165) is 5.56 Å². The predicted molar refractivity (Wildman–Crippen MR) is 88.9 cm³/mol. The Morgan fingerprint density at radius 3 is 2.48 bits per heavy atom. The zero-order valence-corrected chi connectivity index (χ0v) is 14.9. The van der Waals surface area contributed by atoms with Crippen LogP contribution in [0.5, 0.6) is 0 Å². The first-order valence-corrected chi connectivity index (χ1v) is 8.10. The molecular formula is C14H17ClINO4. The first-order chi connectivity index (χ1) is 9.62. The van der Waals surface area contributed by atoms with Gasteiger partial charge in [-0.15, -0.1) is 0 Å². The molecule has 0 aliphatic rings. The first kappa shape index (κ1) is 18.0. The largest absolute Gasteiger partial charge is 0.479 e. The fraction of sp³-hybridized carbons (Fsp3) is 0.429. The molecule has 0 aliphatic carbocycles. The topological polar surface area (TPSA) is 75.6 Å². The van der Waals surface area contributed by atoms with Gasteiger partial charge in [-0.2, -0.15) is 0 Å². The molecule has 0 aliphatic heterocycles. The van der Waals surface area contributed by atoms with Crippen LogP contribution in [0.25, 0.3) is 0 Å². The Labute approximate surface area is 142 Å². The third-order valence-corrected chi connectivity index (χ3v) is 3.47. The second kappa shape index (κ2) is 7.31. The Morgan fingerprint density at radius 2 is 2.00 bits per heavy atom. The molecule has 116 valence electrons. The highest BCUT2D eigenvalue weighted by molar-refractivity contribution is 14.1. The van der Waals surface area contributed by atoms with Gasteiger partial charge in [0.25, 0.3) is 0 Å². The first-order valence-electron chi connectivity index (χ1n) is 6.20. The Kier molecular flexibility index (Phi) is 6.27. The van der Waals surface area contributed by atoms with Crippen molar-refractivity contribution in [2.24, 2.45) is 0 Å². The maximum Gasteiger partial charge on any atom is 0.408 e. The standard InChI is InChI=1S/C14H17ClINO4/c1-14(2,3)21-13(20)17-11(12(18)19)9-4-8(7-16)5-10(15)6-9/h4-6,11H,7H2,1-3H3,(H,17,20)(H,18,19). The van der Waals surface area contributed by atoms with E-state index in [0.29, 0.717) is 15.0 Å². The number of benzene rings is 1. The number of rotatable bonds is 4. The van der Waals surface area contributed by atoms with Crippen molar-refractivity contribution in [2.45, 2.75) is 36.8 Å². The Hall–Kier alpha value is -1.02. The average molecular weight is 426 g/mol. The lowest BCUT2D eigenvalue weighted by atomic mass is 10.0. The van der Waals surface area contributed by atoms with E-state index in [1.165, 1.54) is 6.07 Å². The number of amides is 1. The Bertz CT molecular complexity index is 542. The van der Waals surface area contributed by atoms with Gasteiger partial charge in [0.15, 0.2) is 6.04 Å². The molecule has 1 rings (SSSR count). The van der Waals surface area contributed by atoms with Crippen molar-refractivity contribution in [3.05, 3.63) is 34.3 Å². The zero-order chi connectivity index (χ0) is 16.2. The monoisotopic (exact) mass is 425 g/mol. The van der Waals surface area contributed by atoms with Crippen LogP contribution in [0, 0.1) is 0 Å². The van der Waals surface area contributed by atoms with Gasteiger partial charge < -0.3 is 15.2 Å². The number of carboxylic acids is 1. The van der Waals surface area contributed by atoms with E-state index < -0.39 is 23.7 Å². The summed E-state index contributed by atoms with van der Waals surface area (Å²) < 4.78 is 5.76. The van der Waals surface area contributed by atoms with Crippen LogP contribution in [0.3, 0.4) is 0 Å². The smallest absolute Gasteiger partial charge is 0.408 e. The lowest BCUT2D eigenvalue weighted by Crippen LogP contribution is -2.38. The van der Waals surface area contributed by atoms with Crippen molar-refractivity contribution >= 4 is 46.3 Å². The molecule has 21 heavy (non-hydrogen) atoms. The number of alkyl carbamates (subject to hydrolysis) is 1. The molecule has 1 aromatic rings. The fourth-order valence-electron chi connectivity index (χ4n) is 1.63. The molecule has 0 saturated heterocycles. The average Bonchev–Trinajstić information content (AvgIpc) is 2.32. The maximum absolute atomic E-state index is 11.8. The van der Waals surface area contributed by atoms with E-state index in [1.807, 2.05) is 0 Å². The van der Waals surface area contributed by atoms with Crippen LogP contribution < -0.4 is 5.32 Å². The zero-order valence-electron chi connectivity index (χ0n) is 11.9. The summed E-state index contributed by atoms with van der Waals surface area (Å²) >= 11 is 8.13. The molecule has 0 aromatic heterocycles. The minimum atomic E-state index is -1.21. The van der Waals surface area contributed by atoms with Gasteiger partial charge in [0.1, 0.15) is 5.60 Å². The number of nitrogens with one attached hydrogen (secondary N) is 1. The molecule has 0 fully saturated rings. The second-order valence-corrected chi connectivity index (χ2v) is 6.64. The van der Waals surface area contributed by atoms with Gasteiger partial charge in [0.05, 0.1) is 0 Å². The van der Waals surface area contributed by atoms with Crippen molar-refractivity contribution in [2.75, 3.05) is 0 Å². The van der Waals surface area contributed by atoms with Crippen LogP contribution in [0.15, 0.2) is 18.2 Å². The molecule has 0 heterocycles. The molecule has 1 unspecified atom stereocenters. The van der Waals surface area contributed by atoms with E-state index in [1.54, 1.807) is 32.9 Å². The lowest BCUT2D eigenvalue weighted by Gasteiger charge is -2.22. The molecule has 1 amide bonds. The third-order valence-electron chi connectivity index (χ3n) is 2.38. The quantitative estimate of drug-likeness (QED) is 0.566. The number of halogens is 2. The van der Waals surface area contributed by atoms with Crippen LogP contribution in [-0.4, -0.2) is 22.8 Å². The lowest BCUT2D eigenvalue weighted by molar-refractivity contribution is -0.139. The van der Waals surface area contributed by atoms with Crippen molar-refractivity contribution in [3.63, 3.8) is 0 Å². The van der Waals surface area contributed by atoms with E-state index in [9.17, 15) is 14.7 Å². The second-order valence-electron chi connectivity index (χ2n) is 5.44.